The third-order valence-electron chi connectivity index (χ3n) is 7.41. The molecule has 3 heterocycles. The number of hydrogen-bond donors (Lipinski definition) is 0. The van der Waals surface area contributed by atoms with Crippen LogP contribution in [0, 0.1) is 0 Å². The maximum atomic E-state index is 13.1. The number of amides is 2. The first-order valence-electron chi connectivity index (χ1n) is 13.6. The monoisotopic (exact) mass is 584 g/mol. The highest BCUT2D eigenvalue weighted by molar-refractivity contribution is 7.99. The fraction of sp³-hybridized carbons (Fsp3) is 0.258. The van der Waals surface area contributed by atoms with E-state index in [1.54, 1.807) is 0 Å². The summed E-state index contributed by atoms with van der Waals surface area (Å²) in [5.41, 5.74) is 4.50. The van der Waals surface area contributed by atoms with Crippen molar-refractivity contribution in [2.75, 3.05) is 25.4 Å². The molecule has 0 N–H and O–H groups in total. The molecule has 0 spiro atoms. The number of para-hydroxylation sites is 1. The van der Waals surface area contributed by atoms with Gasteiger partial charge >= 0.3 is 0 Å². The number of nitrogens with zero attached hydrogens (tertiary/aromatic N) is 6. The molecule has 10 heteroatoms. The zero-order valence-electron chi connectivity index (χ0n) is 22.6. The fourth-order valence-electron chi connectivity index (χ4n) is 5.37. The van der Waals surface area contributed by atoms with Crippen molar-refractivity contribution >= 4 is 57.2 Å². The normalized spacial score (nSPS) is 15.5. The van der Waals surface area contributed by atoms with Crippen LogP contribution >= 0.6 is 23.4 Å². The Morgan fingerprint density at radius 2 is 1.71 bits per heavy atom. The van der Waals surface area contributed by atoms with E-state index in [0.29, 0.717) is 42.8 Å². The molecule has 8 nitrogen and oxygen atoms in total. The van der Waals surface area contributed by atoms with Crippen LogP contribution in [0.2, 0.25) is 5.02 Å². The van der Waals surface area contributed by atoms with E-state index in [1.807, 2.05) is 95.6 Å². The first-order chi connectivity index (χ1) is 20.0. The van der Waals surface area contributed by atoms with E-state index in [2.05, 4.69) is 14.8 Å². The van der Waals surface area contributed by atoms with Crippen LogP contribution in [0.4, 0.5) is 0 Å². The van der Waals surface area contributed by atoms with Crippen molar-refractivity contribution in [1.29, 1.82) is 0 Å². The lowest BCUT2D eigenvalue weighted by Gasteiger charge is -2.40. The van der Waals surface area contributed by atoms with E-state index in [0.717, 1.165) is 33.2 Å². The van der Waals surface area contributed by atoms with Crippen molar-refractivity contribution < 1.29 is 9.59 Å². The Balaban J connectivity index is 1.13. The predicted octanol–water partition coefficient (Wildman–Crippen LogP) is 5.08. The molecule has 0 radical (unpaired) electrons. The maximum Gasteiger partial charge on any atom is 0.233 e. The first kappa shape index (κ1) is 27.2. The number of hydrogen-bond acceptors (Lipinski definition) is 6. The van der Waals surface area contributed by atoms with Gasteiger partial charge in [-0.1, -0.05) is 84.0 Å². The third kappa shape index (κ3) is 5.92. The number of fused-ring (bicyclic) bond motifs is 3. The number of benzene rings is 3. The highest BCUT2D eigenvalue weighted by Gasteiger charge is 2.29. The molecule has 1 aliphatic rings. The quantitative estimate of drug-likeness (QED) is 0.248. The number of carbonyl (C=O) groups excluding carboxylic acids is 2. The summed E-state index contributed by atoms with van der Waals surface area (Å²) in [5.74, 6) is 0.290. The molecule has 208 valence electrons. The molecule has 6 rings (SSSR count). The largest absolute Gasteiger partial charge is 0.338 e. The van der Waals surface area contributed by atoms with Crippen LogP contribution in [0.3, 0.4) is 0 Å². The van der Waals surface area contributed by atoms with E-state index in [-0.39, 0.29) is 23.6 Å². The maximum absolute atomic E-state index is 13.1. The number of carbonyl (C=O) groups is 2. The molecular weight excluding hydrogens is 556 g/mol. The van der Waals surface area contributed by atoms with Gasteiger partial charge in [0.05, 0.1) is 17.7 Å². The third-order valence-corrected chi connectivity index (χ3v) is 8.47. The lowest BCUT2D eigenvalue weighted by atomic mass is 10.1. The van der Waals surface area contributed by atoms with Gasteiger partial charge < -0.3 is 14.4 Å². The van der Waals surface area contributed by atoms with Gasteiger partial charge in [0, 0.05) is 42.6 Å². The van der Waals surface area contributed by atoms with Crippen molar-refractivity contribution in [3.8, 4) is 0 Å². The average molecular weight is 585 g/mol. The molecule has 1 unspecified atom stereocenters. The smallest absolute Gasteiger partial charge is 0.233 e. The van der Waals surface area contributed by atoms with E-state index >= 15 is 0 Å². The first-order valence-corrected chi connectivity index (χ1v) is 14.9. The van der Waals surface area contributed by atoms with Crippen molar-refractivity contribution in [2.24, 2.45) is 0 Å². The molecular formula is C31H29ClN6O2S. The molecule has 2 amide bonds. The van der Waals surface area contributed by atoms with E-state index in [4.69, 9.17) is 16.6 Å². The minimum Gasteiger partial charge on any atom is -0.338 e. The molecule has 3 aromatic carbocycles. The summed E-state index contributed by atoms with van der Waals surface area (Å²) >= 11 is 7.52. The summed E-state index contributed by atoms with van der Waals surface area (Å²) in [6, 6.07) is 25.5. The summed E-state index contributed by atoms with van der Waals surface area (Å²) in [6.07, 6.45) is 0.371. The Morgan fingerprint density at radius 1 is 0.927 bits per heavy atom. The molecule has 0 bridgehead atoms. The molecule has 5 aromatic rings. The van der Waals surface area contributed by atoms with Crippen LogP contribution in [0.5, 0.6) is 0 Å². The molecule has 2 aromatic heterocycles. The average Bonchev–Trinajstić information content (AvgIpc) is 3.29. The summed E-state index contributed by atoms with van der Waals surface area (Å²) in [6.45, 7) is 4.12. The lowest BCUT2D eigenvalue weighted by Crippen LogP contribution is -2.56. The topological polar surface area (TPSA) is 84.2 Å². The summed E-state index contributed by atoms with van der Waals surface area (Å²) < 4.78 is 2.12. The van der Waals surface area contributed by atoms with Gasteiger partial charge in [0.15, 0.2) is 5.65 Å². The summed E-state index contributed by atoms with van der Waals surface area (Å²) in [5, 5.41) is 11.0. The van der Waals surface area contributed by atoms with Crippen LogP contribution in [0.15, 0.2) is 84.0 Å². The van der Waals surface area contributed by atoms with E-state index in [1.165, 1.54) is 11.8 Å². The van der Waals surface area contributed by atoms with Gasteiger partial charge in [-0.05, 0) is 36.2 Å². The second-order valence-corrected chi connectivity index (χ2v) is 11.6. The van der Waals surface area contributed by atoms with Gasteiger partial charge in [0.25, 0.3) is 0 Å². The highest BCUT2D eigenvalue weighted by atomic mass is 35.5. The Labute approximate surface area is 247 Å². The highest BCUT2D eigenvalue weighted by Crippen LogP contribution is 2.28. The predicted molar refractivity (Wildman–Crippen MR) is 162 cm³/mol. The van der Waals surface area contributed by atoms with Gasteiger partial charge in [0.2, 0.25) is 17.0 Å². The van der Waals surface area contributed by atoms with Crippen molar-refractivity contribution in [2.45, 2.75) is 31.1 Å². The lowest BCUT2D eigenvalue weighted by molar-refractivity contribution is -0.140. The molecule has 1 atom stereocenters. The van der Waals surface area contributed by atoms with Gasteiger partial charge in [-0.2, -0.15) is 0 Å². The van der Waals surface area contributed by atoms with Crippen molar-refractivity contribution in [3.05, 3.63) is 95.0 Å². The van der Waals surface area contributed by atoms with Crippen LogP contribution in [0.25, 0.3) is 22.1 Å². The second kappa shape index (κ2) is 11.9. The Morgan fingerprint density at radius 3 is 2.51 bits per heavy atom. The van der Waals surface area contributed by atoms with Crippen LogP contribution in [0.1, 0.15) is 18.1 Å². The number of aromatic nitrogens is 4. The Bertz CT molecular complexity index is 1730. The zero-order chi connectivity index (χ0) is 28.3. The number of rotatable bonds is 7. The molecule has 1 saturated heterocycles. The number of piperazine rings is 1. The van der Waals surface area contributed by atoms with Gasteiger partial charge in [-0.3, -0.25) is 9.59 Å². The van der Waals surface area contributed by atoms with Crippen LogP contribution in [-0.2, 0) is 22.6 Å². The fourth-order valence-corrected chi connectivity index (χ4v) is 6.27. The van der Waals surface area contributed by atoms with Gasteiger partial charge in [0.1, 0.15) is 5.52 Å². The minimum atomic E-state index is -0.0506. The number of halogens is 1. The number of thioether (sulfide) groups is 1. The summed E-state index contributed by atoms with van der Waals surface area (Å²) in [4.78, 5) is 34.6. The summed E-state index contributed by atoms with van der Waals surface area (Å²) in [7, 11) is 0. The van der Waals surface area contributed by atoms with Crippen molar-refractivity contribution in [1.82, 2.24) is 29.5 Å². The van der Waals surface area contributed by atoms with Crippen LogP contribution < -0.4 is 0 Å². The SMILES string of the molecule is CC1CN(C(=O)CSc2nnc3c4ccccc4n(Cc4cccc(Cl)c4)c3n2)CCN1C(=O)Cc1ccccc1. The van der Waals surface area contributed by atoms with E-state index < -0.39 is 0 Å². The molecule has 1 aliphatic heterocycles. The minimum absolute atomic E-state index is 0.000163. The molecule has 41 heavy (non-hydrogen) atoms. The standard InChI is InChI=1S/C31H29ClN6O2S/c1-21-18-36(14-15-37(21)27(39)17-22-8-3-2-4-9-22)28(40)20-41-31-33-30-29(34-35-31)25-12-5-6-13-26(25)38(30)19-23-10-7-11-24(32)16-23/h2-13,16,21H,14-15,17-20H2,1H3. The van der Waals surface area contributed by atoms with Gasteiger partial charge in [-0.15, -0.1) is 10.2 Å². The van der Waals surface area contributed by atoms with Gasteiger partial charge in [-0.25, -0.2) is 4.98 Å². The second-order valence-electron chi connectivity index (χ2n) is 10.2. The zero-order valence-corrected chi connectivity index (χ0v) is 24.2. The molecule has 1 fully saturated rings. The van der Waals surface area contributed by atoms with E-state index in [9.17, 15) is 9.59 Å². The Kier molecular flexibility index (Phi) is 7.89. The van der Waals surface area contributed by atoms with Crippen LogP contribution in [-0.4, -0.2) is 72.8 Å². The molecule has 0 saturated carbocycles. The molecule has 0 aliphatic carbocycles. The Hall–Kier alpha value is -3.95. The van der Waals surface area contributed by atoms with Crippen molar-refractivity contribution in [3.63, 3.8) is 0 Å².